The van der Waals surface area contributed by atoms with Crippen molar-refractivity contribution in [2.24, 2.45) is 0 Å². The molecule has 0 aliphatic heterocycles. The van der Waals surface area contributed by atoms with Gasteiger partial charge in [-0.3, -0.25) is 0 Å². The van der Waals surface area contributed by atoms with Gasteiger partial charge in [-0.15, -0.1) is 12.3 Å². The highest BCUT2D eigenvalue weighted by Gasteiger charge is 2.52. The minimum absolute atomic E-state index is 0.0684. The summed E-state index contributed by atoms with van der Waals surface area (Å²) in [5.74, 6) is -0.990. The molecule has 0 N–H and O–H groups in total. The van der Waals surface area contributed by atoms with E-state index in [-0.39, 0.29) is 19.3 Å². The molecule has 21 heavy (non-hydrogen) atoms. The van der Waals surface area contributed by atoms with Crippen molar-refractivity contribution in [3.05, 3.63) is 0 Å². The molecule has 0 rings (SSSR count). The van der Waals surface area contributed by atoms with Crippen LogP contribution in [-0.2, 0) is 19.4 Å². The van der Waals surface area contributed by atoms with Gasteiger partial charge >= 0.3 is 17.1 Å². The van der Waals surface area contributed by atoms with Crippen LogP contribution in [0.4, 0.5) is 17.6 Å². The summed E-state index contributed by atoms with van der Waals surface area (Å²) in [5.41, 5.74) is 0. The number of sulfone groups is 1. The molecule has 4 nitrogen and oxygen atoms in total. The first-order valence-corrected chi connectivity index (χ1v) is 7.65. The van der Waals surface area contributed by atoms with E-state index in [9.17, 15) is 30.8 Å². The zero-order chi connectivity index (χ0) is 16.7. The Morgan fingerprint density at radius 1 is 1.19 bits per heavy atom. The van der Waals surface area contributed by atoms with Gasteiger partial charge in [-0.25, -0.2) is 17.6 Å². The van der Waals surface area contributed by atoms with Crippen LogP contribution in [0, 0.1) is 12.3 Å². The van der Waals surface area contributed by atoms with Gasteiger partial charge in [-0.2, -0.15) is 13.2 Å². The zero-order valence-electron chi connectivity index (χ0n) is 11.4. The predicted molar refractivity (Wildman–Crippen MR) is 67.6 cm³/mol. The van der Waals surface area contributed by atoms with Crippen molar-refractivity contribution in [1.82, 2.24) is 0 Å². The molecular formula is C12H16F4O4S. The molecule has 0 aliphatic rings. The Labute approximate surface area is 120 Å². The van der Waals surface area contributed by atoms with Gasteiger partial charge in [0.2, 0.25) is 0 Å². The number of carbonyl (C=O) groups is 1. The molecule has 1 unspecified atom stereocenters. The van der Waals surface area contributed by atoms with E-state index in [1.165, 1.54) is 0 Å². The third-order valence-corrected chi connectivity index (χ3v) is 4.81. The summed E-state index contributed by atoms with van der Waals surface area (Å²) in [4.78, 5) is 11.4. The normalized spacial score (nSPS) is 15.0. The first-order chi connectivity index (χ1) is 9.50. The van der Waals surface area contributed by atoms with Gasteiger partial charge in [0, 0.05) is 12.8 Å². The number of hydrogen-bond donors (Lipinski definition) is 0. The van der Waals surface area contributed by atoms with Crippen molar-refractivity contribution in [2.75, 3.05) is 12.9 Å². The monoisotopic (exact) mass is 332 g/mol. The molecule has 0 amide bonds. The molecule has 0 aromatic carbocycles. The summed E-state index contributed by atoms with van der Waals surface area (Å²) in [6.07, 6.45) is -1.92. The standard InChI is InChI=1S/C12H16F4O4S/c1-3-4-5-6-7-11(13,10(17)20-2)21(18,19)9-8-12(14,15)16/h1H,4-9H2,2H3. The van der Waals surface area contributed by atoms with E-state index in [0.29, 0.717) is 0 Å². The lowest BCUT2D eigenvalue weighted by molar-refractivity contribution is -0.149. The zero-order valence-corrected chi connectivity index (χ0v) is 12.2. The molecule has 0 fully saturated rings. The van der Waals surface area contributed by atoms with Crippen LogP contribution in [-0.4, -0.2) is 38.4 Å². The molecular weight excluding hydrogens is 316 g/mol. The second-order valence-corrected chi connectivity index (χ2v) is 6.60. The summed E-state index contributed by atoms with van der Waals surface area (Å²) >= 11 is 0. The fourth-order valence-electron chi connectivity index (χ4n) is 1.53. The third kappa shape index (κ3) is 5.91. The van der Waals surface area contributed by atoms with Crippen molar-refractivity contribution in [3.63, 3.8) is 0 Å². The van der Waals surface area contributed by atoms with Gasteiger partial charge in [0.1, 0.15) is 0 Å². The van der Waals surface area contributed by atoms with Crippen LogP contribution in [0.3, 0.4) is 0 Å². The first-order valence-electron chi connectivity index (χ1n) is 6.00. The molecule has 0 heterocycles. The molecule has 0 spiro atoms. The van der Waals surface area contributed by atoms with E-state index in [1.54, 1.807) is 0 Å². The molecule has 0 bridgehead atoms. The minimum Gasteiger partial charge on any atom is -0.466 e. The fourth-order valence-corrected chi connectivity index (χ4v) is 3.14. The highest BCUT2D eigenvalue weighted by molar-refractivity contribution is 7.93. The minimum atomic E-state index is -4.97. The van der Waals surface area contributed by atoms with Gasteiger partial charge in [0.05, 0.1) is 19.3 Å². The summed E-state index contributed by atoms with van der Waals surface area (Å²) in [5, 5.41) is -3.48. The lowest BCUT2D eigenvalue weighted by Gasteiger charge is -2.23. The SMILES string of the molecule is C#CCCCCC(F)(C(=O)OC)S(=O)(=O)CCC(F)(F)F. The number of esters is 1. The number of rotatable bonds is 8. The van der Waals surface area contributed by atoms with E-state index in [2.05, 4.69) is 10.7 Å². The van der Waals surface area contributed by atoms with Crippen LogP contribution in [0.15, 0.2) is 0 Å². The van der Waals surface area contributed by atoms with Gasteiger partial charge in [0.25, 0.3) is 0 Å². The molecule has 0 saturated carbocycles. The number of alkyl halides is 4. The largest absolute Gasteiger partial charge is 0.466 e. The van der Waals surface area contributed by atoms with E-state index >= 15 is 0 Å². The third-order valence-electron chi connectivity index (χ3n) is 2.71. The van der Waals surface area contributed by atoms with Crippen LogP contribution in [0.25, 0.3) is 0 Å². The number of methoxy groups -OCH3 is 1. The van der Waals surface area contributed by atoms with E-state index < -0.39 is 45.6 Å². The van der Waals surface area contributed by atoms with Crippen molar-refractivity contribution < 1.29 is 35.5 Å². The maximum Gasteiger partial charge on any atom is 0.390 e. The van der Waals surface area contributed by atoms with Crippen molar-refractivity contribution in [1.29, 1.82) is 0 Å². The average molecular weight is 332 g/mol. The molecule has 0 radical (unpaired) electrons. The lowest BCUT2D eigenvalue weighted by Crippen LogP contribution is -2.45. The van der Waals surface area contributed by atoms with Crippen LogP contribution < -0.4 is 0 Å². The Morgan fingerprint density at radius 3 is 2.19 bits per heavy atom. The maximum atomic E-state index is 14.5. The Balaban J connectivity index is 5.11. The first kappa shape index (κ1) is 19.7. The molecule has 1 atom stereocenters. The molecule has 0 aromatic rings. The van der Waals surface area contributed by atoms with Crippen LogP contribution >= 0.6 is 0 Å². The van der Waals surface area contributed by atoms with Gasteiger partial charge in [-0.05, 0) is 12.8 Å². The number of carbonyl (C=O) groups excluding carboxylic acids is 1. The molecule has 0 aliphatic carbocycles. The second-order valence-electron chi connectivity index (χ2n) is 4.32. The predicted octanol–water partition coefficient (Wildman–Crippen LogP) is 2.39. The van der Waals surface area contributed by atoms with Crippen molar-refractivity contribution in [3.8, 4) is 12.3 Å². The smallest absolute Gasteiger partial charge is 0.390 e. The van der Waals surface area contributed by atoms with E-state index in [1.807, 2.05) is 0 Å². The number of hydrogen-bond acceptors (Lipinski definition) is 4. The summed E-state index contributed by atoms with van der Waals surface area (Å²) in [7, 11) is -4.21. The summed E-state index contributed by atoms with van der Waals surface area (Å²) < 4.78 is 78.3. The number of ether oxygens (including phenoxy) is 1. The Hall–Kier alpha value is -1.30. The second kappa shape index (κ2) is 7.64. The number of unbranched alkanes of at least 4 members (excludes halogenated alkanes) is 2. The van der Waals surface area contributed by atoms with Gasteiger partial charge in [-0.1, -0.05) is 0 Å². The van der Waals surface area contributed by atoms with Crippen LogP contribution in [0.5, 0.6) is 0 Å². The maximum absolute atomic E-state index is 14.5. The number of halogens is 4. The van der Waals surface area contributed by atoms with E-state index in [4.69, 9.17) is 6.42 Å². The van der Waals surface area contributed by atoms with Crippen LogP contribution in [0.1, 0.15) is 32.1 Å². The van der Waals surface area contributed by atoms with E-state index in [0.717, 1.165) is 7.11 Å². The summed E-state index contributed by atoms with van der Waals surface area (Å²) in [6.45, 7) is 0. The van der Waals surface area contributed by atoms with Crippen molar-refractivity contribution in [2.45, 2.75) is 43.3 Å². The number of terminal acetylenes is 1. The Morgan fingerprint density at radius 2 is 1.76 bits per heavy atom. The molecule has 0 saturated heterocycles. The Kier molecular flexibility index (Phi) is 7.16. The fraction of sp³-hybridized carbons (Fsp3) is 0.750. The average Bonchev–Trinajstić information content (AvgIpc) is 2.39. The highest BCUT2D eigenvalue weighted by Crippen LogP contribution is 2.31. The molecule has 0 aromatic heterocycles. The molecule has 9 heteroatoms. The van der Waals surface area contributed by atoms with Crippen LogP contribution in [0.2, 0.25) is 0 Å². The topological polar surface area (TPSA) is 60.4 Å². The summed E-state index contributed by atoms with van der Waals surface area (Å²) in [6, 6.07) is 0. The lowest BCUT2D eigenvalue weighted by atomic mass is 10.1. The quantitative estimate of drug-likeness (QED) is 0.296. The molecule has 122 valence electrons. The van der Waals surface area contributed by atoms with Gasteiger partial charge < -0.3 is 4.74 Å². The Bertz CT molecular complexity index is 492. The highest BCUT2D eigenvalue weighted by atomic mass is 32.2. The van der Waals surface area contributed by atoms with Gasteiger partial charge in [0.15, 0.2) is 9.84 Å². The van der Waals surface area contributed by atoms with Crippen molar-refractivity contribution >= 4 is 15.8 Å².